The molecule has 1 aliphatic rings. The fraction of sp³-hybridized carbons (Fsp3) is 0.625. The number of esters is 1. The topological polar surface area (TPSA) is 61.8 Å². The maximum Gasteiger partial charge on any atom is 0.341 e. The minimum Gasteiger partial charge on any atom is -0.457 e. The lowest BCUT2D eigenvalue weighted by atomic mass is 10.1. The van der Waals surface area contributed by atoms with Gasteiger partial charge in [-0.25, -0.2) is 0 Å². The van der Waals surface area contributed by atoms with Gasteiger partial charge in [0.25, 0.3) is 0 Å². The monoisotopic (exact) mass is 220 g/mol. The molecule has 1 atom stereocenters. The highest BCUT2D eigenvalue weighted by Crippen LogP contribution is 2.46. The summed E-state index contributed by atoms with van der Waals surface area (Å²) in [6.45, 7) is 0. The Morgan fingerprint density at radius 1 is 1.50 bits per heavy atom. The van der Waals surface area contributed by atoms with E-state index in [1.807, 2.05) is 6.08 Å². The molecule has 1 unspecified atom stereocenters. The van der Waals surface area contributed by atoms with Crippen molar-refractivity contribution in [3.63, 3.8) is 0 Å². The Hall–Kier alpha value is -0.640. The summed E-state index contributed by atoms with van der Waals surface area (Å²) in [7, 11) is -0.805. The van der Waals surface area contributed by atoms with Crippen molar-refractivity contribution in [1.29, 1.82) is 0 Å². The van der Waals surface area contributed by atoms with Gasteiger partial charge in [0.15, 0.2) is 0 Å². The molecular formula is C8H13O5P. The molecular weight excluding hydrogens is 207 g/mol. The van der Waals surface area contributed by atoms with E-state index in [9.17, 15) is 9.36 Å². The maximum absolute atomic E-state index is 11.5. The normalized spacial score (nSPS) is 20.3. The van der Waals surface area contributed by atoms with Crippen molar-refractivity contribution in [2.75, 3.05) is 20.4 Å². The minimum absolute atomic E-state index is 0.176. The van der Waals surface area contributed by atoms with Crippen molar-refractivity contribution in [3.8, 4) is 0 Å². The van der Waals surface area contributed by atoms with Gasteiger partial charge in [-0.15, -0.1) is 0 Å². The van der Waals surface area contributed by atoms with E-state index in [1.54, 1.807) is 6.08 Å². The number of carbonyl (C=O) groups excluding carboxylic acids is 1. The summed E-state index contributed by atoms with van der Waals surface area (Å²) in [5, 5.41) is 0. The van der Waals surface area contributed by atoms with Gasteiger partial charge in [-0.2, -0.15) is 0 Å². The number of hydrogen-bond donors (Lipinski definition) is 0. The summed E-state index contributed by atoms with van der Waals surface area (Å²) in [5.74, 6) is -0.564. The van der Waals surface area contributed by atoms with Gasteiger partial charge in [0.1, 0.15) is 12.3 Å². The first-order chi connectivity index (χ1) is 6.59. The van der Waals surface area contributed by atoms with Crippen molar-refractivity contribution in [2.45, 2.75) is 12.5 Å². The van der Waals surface area contributed by atoms with Gasteiger partial charge in [-0.05, 0) is 6.08 Å². The van der Waals surface area contributed by atoms with Crippen LogP contribution in [-0.4, -0.2) is 32.5 Å². The number of carbonyl (C=O) groups is 1. The molecule has 0 amide bonds. The SMILES string of the molecule is COP(=O)(CC(=O)OC1C=CC1)OC. The molecule has 80 valence electrons. The van der Waals surface area contributed by atoms with Crippen LogP contribution in [0.2, 0.25) is 0 Å². The molecule has 1 rings (SSSR count). The maximum atomic E-state index is 11.5. The predicted octanol–water partition coefficient (Wildman–Crippen LogP) is 1.34. The van der Waals surface area contributed by atoms with E-state index in [0.717, 1.165) is 6.42 Å². The largest absolute Gasteiger partial charge is 0.457 e. The van der Waals surface area contributed by atoms with E-state index < -0.39 is 13.6 Å². The highest BCUT2D eigenvalue weighted by molar-refractivity contribution is 7.54. The summed E-state index contributed by atoms with van der Waals surface area (Å²) < 4.78 is 25.6. The van der Waals surface area contributed by atoms with Gasteiger partial charge in [-0.3, -0.25) is 9.36 Å². The number of hydrogen-bond acceptors (Lipinski definition) is 5. The van der Waals surface area contributed by atoms with Crippen molar-refractivity contribution in [2.24, 2.45) is 0 Å². The standard InChI is InChI=1S/C8H13O5P/c1-11-14(10,12-2)6-8(9)13-7-4-3-5-7/h3-4,7H,5-6H2,1-2H3. The summed E-state index contributed by atoms with van der Waals surface area (Å²) in [6.07, 6.45) is 3.86. The second-order valence-electron chi connectivity index (χ2n) is 2.83. The van der Waals surface area contributed by atoms with Crippen molar-refractivity contribution in [1.82, 2.24) is 0 Å². The summed E-state index contributed by atoms with van der Waals surface area (Å²) in [5.41, 5.74) is 0. The average Bonchev–Trinajstić information content (AvgIpc) is 2.11. The lowest BCUT2D eigenvalue weighted by Gasteiger charge is -2.19. The molecule has 0 N–H and O–H groups in total. The molecule has 0 radical (unpaired) electrons. The second kappa shape index (κ2) is 4.73. The third-order valence-electron chi connectivity index (χ3n) is 1.88. The highest BCUT2D eigenvalue weighted by atomic mass is 31.2. The van der Waals surface area contributed by atoms with Gasteiger partial charge >= 0.3 is 13.6 Å². The number of rotatable bonds is 5. The Bertz CT molecular complexity index is 277. The summed E-state index contributed by atoms with van der Waals surface area (Å²) in [4.78, 5) is 11.2. The van der Waals surface area contributed by atoms with Gasteiger partial charge in [0.2, 0.25) is 0 Å². The predicted molar refractivity (Wildman–Crippen MR) is 50.1 cm³/mol. The minimum atomic E-state index is -3.28. The van der Waals surface area contributed by atoms with Crippen LogP contribution in [0.5, 0.6) is 0 Å². The molecule has 0 spiro atoms. The van der Waals surface area contributed by atoms with Crippen LogP contribution >= 0.6 is 7.60 Å². The van der Waals surface area contributed by atoms with E-state index in [4.69, 9.17) is 4.74 Å². The summed E-state index contributed by atoms with van der Waals surface area (Å²) in [6, 6.07) is 0. The zero-order valence-electron chi connectivity index (χ0n) is 8.13. The summed E-state index contributed by atoms with van der Waals surface area (Å²) >= 11 is 0. The molecule has 5 nitrogen and oxygen atoms in total. The third kappa shape index (κ3) is 2.94. The first-order valence-corrected chi connectivity index (χ1v) is 5.89. The fourth-order valence-electron chi connectivity index (χ4n) is 0.902. The Morgan fingerprint density at radius 2 is 2.07 bits per heavy atom. The molecule has 14 heavy (non-hydrogen) atoms. The zero-order chi connectivity index (χ0) is 10.6. The van der Waals surface area contributed by atoms with Crippen LogP contribution in [0.3, 0.4) is 0 Å². The first kappa shape index (κ1) is 11.4. The smallest absolute Gasteiger partial charge is 0.341 e. The molecule has 0 saturated heterocycles. The number of ether oxygens (including phenoxy) is 1. The lowest BCUT2D eigenvalue weighted by molar-refractivity contribution is -0.144. The molecule has 0 heterocycles. The van der Waals surface area contributed by atoms with Crippen molar-refractivity contribution in [3.05, 3.63) is 12.2 Å². The van der Waals surface area contributed by atoms with Gasteiger partial charge in [-0.1, -0.05) is 6.08 Å². The van der Waals surface area contributed by atoms with Gasteiger partial charge in [0, 0.05) is 20.6 Å². The second-order valence-corrected chi connectivity index (χ2v) is 5.09. The van der Waals surface area contributed by atoms with Crippen LogP contribution in [0.15, 0.2) is 12.2 Å². The zero-order valence-corrected chi connectivity index (χ0v) is 9.03. The van der Waals surface area contributed by atoms with Crippen molar-refractivity contribution < 1.29 is 23.1 Å². The average molecular weight is 220 g/mol. The van der Waals surface area contributed by atoms with Crippen LogP contribution < -0.4 is 0 Å². The third-order valence-corrected chi connectivity index (χ3v) is 3.64. The Morgan fingerprint density at radius 3 is 2.43 bits per heavy atom. The Labute approximate surface area is 82.6 Å². The Kier molecular flexibility index (Phi) is 3.86. The van der Waals surface area contributed by atoms with Crippen LogP contribution in [0.25, 0.3) is 0 Å². The molecule has 0 bridgehead atoms. The van der Waals surface area contributed by atoms with E-state index in [1.165, 1.54) is 14.2 Å². The van der Waals surface area contributed by atoms with Gasteiger partial charge < -0.3 is 13.8 Å². The fourth-order valence-corrected chi connectivity index (χ4v) is 1.70. The van der Waals surface area contributed by atoms with E-state index in [0.29, 0.717) is 0 Å². The molecule has 0 aliphatic heterocycles. The molecule has 0 aromatic carbocycles. The molecule has 6 heteroatoms. The molecule has 0 saturated carbocycles. The molecule has 0 aromatic rings. The van der Waals surface area contributed by atoms with E-state index in [-0.39, 0.29) is 12.3 Å². The molecule has 0 fully saturated rings. The van der Waals surface area contributed by atoms with Crippen LogP contribution in [0.4, 0.5) is 0 Å². The van der Waals surface area contributed by atoms with E-state index >= 15 is 0 Å². The molecule has 1 aliphatic carbocycles. The highest BCUT2D eigenvalue weighted by Gasteiger charge is 2.28. The van der Waals surface area contributed by atoms with E-state index in [2.05, 4.69) is 9.05 Å². The Balaban J connectivity index is 2.38. The molecule has 0 aromatic heterocycles. The lowest BCUT2D eigenvalue weighted by Crippen LogP contribution is -2.22. The van der Waals surface area contributed by atoms with Crippen LogP contribution in [0.1, 0.15) is 6.42 Å². The van der Waals surface area contributed by atoms with Gasteiger partial charge in [0.05, 0.1) is 0 Å². The van der Waals surface area contributed by atoms with Crippen LogP contribution in [0, 0.1) is 0 Å². The first-order valence-electron chi connectivity index (χ1n) is 4.16. The quantitative estimate of drug-likeness (QED) is 0.397. The van der Waals surface area contributed by atoms with Crippen molar-refractivity contribution >= 4 is 13.6 Å². The van der Waals surface area contributed by atoms with Crippen LogP contribution in [-0.2, 0) is 23.1 Å².